The molecule has 0 saturated carbocycles. The van der Waals surface area contributed by atoms with Crippen LogP contribution in [0.5, 0.6) is 11.5 Å². The first kappa shape index (κ1) is 15.9. The first-order chi connectivity index (χ1) is 10.0. The van der Waals surface area contributed by atoms with E-state index >= 15 is 0 Å². The highest BCUT2D eigenvalue weighted by molar-refractivity contribution is 9.10. The van der Waals surface area contributed by atoms with Crippen molar-refractivity contribution in [3.8, 4) is 11.5 Å². The van der Waals surface area contributed by atoms with Crippen molar-refractivity contribution in [1.29, 1.82) is 0 Å². The predicted molar refractivity (Wildman–Crippen MR) is 90.2 cm³/mol. The van der Waals surface area contributed by atoms with E-state index in [1.807, 2.05) is 12.1 Å². The fourth-order valence-corrected chi connectivity index (χ4v) is 2.77. The second kappa shape index (κ2) is 6.96. The van der Waals surface area contributed by atoms with Crippen molar-refractivity contribution in [1.82, 2.24) is 0 Å². The van der Waals surface area contributed by atoms with Gasteiger partial charge in [-0.15, -0.1) is 0 Å². The van der Waals surface area contributed by atoms with E-state index in [0.29, 0.717) is 20.7 Å². The summed E-state index contributed by atoms with van der Waals surface area (Å²) in [5, 5.41) is 20.3. The third-order valence-electron chi connectivity index (χ3n) is 2.98. The molecule has 21 heavy (non-hydrogen) atoms. The summed E-state index contributed by atoms with van der Waals surface area (Å²) >= 11 is 9.17. The molecular weight excluding hydrogens is 354 g/mol. The van der Waals surface area contributed by atoms with Gasteiger partial charge in [0.1, 0.15) is 17.2 Å². The van der Waals surface area contributed by atoms with Crippen LogP contribution >= 0.6 is 27.5 Å². The molecule has 2 N–H and O–H groups in total. The molecule has 0 bridgehead atoms. The summed E-state index contributed by atoms with van der Waals surface area (Å²) in [7, 11) is 0. The summed E-state index contributed by atoms with van der Waals surface area (Å²) in [4.78, 5) is 4.25. The molecule has 0 unspecified atom stereocenters. The molecule has 0 aliphatic rings. The highest BCUT2D eigenvalue weighted by Crippen LogP contribution is 2.32. The van der Waals surface area contributed by atoms with E-state index in [1.54, 1.807) is 18.2 Å². The zero-order chi connectivity index (χ0) is 15.4. The minimum atomic E-state index is 0.0624. The van der Waals surface area contributed by atoms with Gasteiger partial charge in [-0.05, 0) is 52.2 Å². The minimum Gasteiger partial charge on any atom is -0.506 e. The van der Waals surface area contributed by atoms with Gasteiger partial charge in [-0.25, -0.2) is 0 Å². The fraction of sp³-hybridized carbons (Fsp3) is 0.188. The quantitative estimate of drug-likeness (QED) is 0.727. The molecule has 2 aromatic rings. The van der Waals surface area contributed by atoms with E-state index in [9.17, 15) is 10.2 Å². The lowest BCUT2D eigenvalue weighted by Crippen LogP contribution is -1.85. The Hall–Kier alpha value is -1.52. The number of halogens is 2. The van der Waals surface area contributed by atoms with Crippen LogP contribution in [0.15, 0.2) is 39.8 Å². The second-order valence-corrected chi connectivity index (χ2v) is 5.95. The van der Waals surface area contributed by atoms with Gasteiger partial charge in [0.25, 0.3) is 0 Å². The van der Waals surface area contributed by atoms with E-state index in [4.69, 9.17) is 11.6 Å². The first-order valence-corrected chi connectivity index (χ1v) is 7.72. The molecule has 110 valence electrons. The lowest BCUT2D eigenvalue weighted by molar-refractivity contribution is 0.471. The molecule has 0 fully saturated rings. The van der Waals surface area contributed by atoms with Gasteiger partial charge in [-0.1, -0.05) is 31.0 Å². The molecule has 0 aromatic heterocycles. The predicted octanol–water partition coefficient (Wildman–Crippen LogP) is 5.22. The summed E-state index contributed by atoms with van der Waals surface area (Å²) in [5.41, 5.74) is 2.06. The molecule has 0 amide bonds. The number of rotatable bonds is 4. The third kappa shape index (κ3) is 3.99. The largest absolute Gasteiger partial charge is 0.506 e. The van der Waals surface area contributed by atoms with Gasteiger partial charge >= 0.3 is 0 Å². The fourth-order valence-electron chi connectivity index (χ4n) is 1.94. The molecule has 2 rings (SSSR count). The van der Waals surface area contributed by atoms with Gasteiger partial charge in [-0.2, -0.15) is 0 Å². The van der Waals surface area contributed by atoms with Crippen molar-refractivity contribution in [3.63, 3.8) is 0 Å². The molecule has 0 aliphatic heterocycles. The highest BCUT2D eigenvalue weighted by Gasteiger charge is 2.06. The maximum Gasteiger partial charge on any atom is 0.141 e. The number of nitrogens with zero attached hydrogens (tertiary/aromatic N) is 1. The third-order valence-corrected chi connectivity index (χ3v) is 3.80. The Kier molecular flexibility index (Phi) is 5.26. The van der Waals surface area contributed by atoms with Gasteiger partial charge < -0.3 is 10.2 Å². The number of hydrogen-bond donors (Lipinski definition) is 2. The van der Waals surface area contributed by atoms with Crippen LogP contribution in [0.1, 0.15) is 24.5 Å². The highest BCUT2D eigenvalue weighted by atomic mass is 79.9. The minimum absolute atomic E-state index is 0.0624. The second-order valence-electron chi connectivity index (χ2n) is 4.66. The van der Waals surface area contributed by atoms with Crippen LogP contribution in [-0.2, 0) is 6.42 Å². The number of phenols is 2. The normalized spacial score (nSPS) is 11.2. The number of aliphatic imine (C=N–C) groups is 1. The van der Waals surface area contributed by atoms with Gasteiger partial charge in [0.05, 0.1) is 4.47 Å². The summed E-state index contributed by atoms with van der Waals surface area (Å²) in [6.07, 6.45) is 3.43. The van der Waals surface area contributed by atoms with E-state index in [-0.39, 0.29) is 11.5 Å². The SMILES string of the molecule is CCCc1ccc(O)c(/N=C/c2cc(Cl)cc(Br)c2O)c1. The van der Waals surface area contributed by atoms with Crippen molar-refractivity contribution in [2.24, 2.45) is 4.99 Å². The van der Waals surface area contributed by atoms with Gasteiger partial charge in [0, 0.05) is 16.8 Å². The Bertz CT molecular complexity index is 686. The van der Waals surface area contributed by atoms with Crippen LogP contribution in [0, 0.1) is 0 Å². The van der Waals surface area contributed by atoms with Crippen LogP contribution in [0.2, 0.25) is 5.02 Å². The number of benzene rings is 2. The summed E-state index contributed by atoms with van der Waals surface area (Å²) in [6, 6.07) is 8.56. The van der Waals surface area contributed by atoms with E-state index in [0.717, 1.165) is 18.4 Å². The summed E-state index contributed by atoms with van der Waals surface area (Å²) < 4.78 is 0.500. The Morgan fingerprint density at radius 1 is 1.24 bits per heavy atom. The zero-order valence-corrected chi connectivity index (χ0v) is 13.8. The summed E-state index contributed by atoms with van der Waals surface area (Å²) in [5.74, 6) is 0.166. The summed E-state index contributed by atoms with van der Waals surface area (Å²) in [6.45, 7) is 2.09. The van der Waals surface area contributed by atoms with Gasteiger partial charge in [-0.3, -0.25) is 4.99 Å². The average Bonchev–Trinajstić information content (AvgIpc) is 2.44. The maximum atomic E-state index is 9.95. The average molecular weight is 369 g/mol. The van der Waals surface area contributed by atoms with Crippen LogP contribution < -0.4 is 0 Å². The van der Waals surface area contributed by atoms with Crippen molar-refractivity contribution in [3.05, 3.63) is 51.0 Å². The monoisotopic (exact) mass is 367 g/mol. The number of hydrogen-bond acceptors (Lipinski definition) is 3. The Morgan fingerprint density at radius 2 is 2.00 bits per heavy atom. The zero-order valence-electron chi connectivity index (χ0n) is 11.5. The van der Waals surface area contributed by atoms with E-state index in [1.165, 1.54) is 6.21 Å². The molecule has 5 heteroatoms. The smallest absolute Gasteiger partial charge is 0.141 e. The molecule has 3 nitrogen and oxygen atoms in total. The molecule has 0 radical (unpaired) electrons. The van der Waals surface area contributed by atoms with Gasteiger partial charge in [0.2, 0.25) is 0 Å². The Balaban J connectivity index is 2.35. The molecule has 0 atom stereocenters. The molecule has 0 saturated heterocycles. The number of aromatic hydroxyl groups is 2. The molecule has 2 aromatic carbocycles. The lowest BCUT2D eigenvalue weighted by atomic mass is 10.1. The molecular formula is C16H15BrClNO2. The Morgan fingerprint density at radius 3 is 2.71 bits per heavy atom. The van der Waals surface area contributed by atoms with Crippen molar-refractivity contribution in [2.75, 3.05) is 0 Å². The Labute approximate surface area is 137 Å². The number of phenolic OH excluding ortho intramolecular Hbond substituents is 2. The van der Waals surface area contributed by atoms with E-state index in [2.05, 4.69) is 27.8 Å². The van der Waals surface area contributed by atoms with Crippen molar-refractivity contribution >= 4 is 39.4 Å². The first-order valence-electron chi connectivity index (χ1n) is 6.55. The molecule has 0 aliphatic carbocycles. The maximum absolute atomic E-state index is 9.95. The lowest BCUT2D eigenvalue weighted by Gasteiger charge is -2.05. The molecule has 0 heterocycles. The number of aryl methyl sites for hydroxylation is 1. The molecule has 0 spiro atoms. The van der Waals surface area contributed by atoms with Crippen LogP contribution in [0.3, 0.4) is 0 Å². The van der Waals surface area contributed by atoms with Gasteiger partial charge in [0.15, 0.2) is 0 Å². The van der Waals surface area contributed by atoms with Crippen LogP contribution in [-0.4, -0.2) is 16.4 Å². The standard InChI is InChI=1S/C16H15BrClNO2/c1-2-3-10-4-5-15(20)14(6-10)19-9-11-7-12(18)8-13(17)16(11)21/h4-9,20-21H,2-3H2,1H3/b19-9+. The van der Waals surface area contributed by atoms with Crippen LogP contribution in [0.25, 0.3) is 0 Å². The van der Waals surface area contributed by atoms with E-state index < -0.39 is 0 Å². The van der Waals surface area contributed by atoms with Crippen molar-refractivity contribution < 1.29 is 10.2 Å². The topological polar surface area (TPSA) is 52.8 Å². The van der Waals surface area contributed by atoms with Crippen LogP contribution in [0.4, 0.5) is 5.69 Å². The van der Waals surface area contributed by atoms with Crippen molar-refractivity contribution in [2.45, 2.75) is 19.8 Å².